The Balaban J connectivity index is 1.88. The minimum Gasteiger partial charge on any atom is -0.336 e. The number of amides is 1. The molecule has 2 aromatic rings. The van der Waals surface area contributed by atoms with Crippen LogP contribution in [0.2, 0.25) is 0 Å². The van der Waals surface area contributed by atoms with E-state index in [1.54, 1.807) is 11.6 Å². The van der Waals surface area contributed by atoms with E-state index in [0.29, 0.717) is 0 Å². The van der Waals surface area contributed by atoms with Crippen LogP contribution in [0.5, 0.6) is 0 Å². The normalized spacial score (nSPS) is 15.4. The van der Waals surface area contributed by atoms with Gasteiger partial charge in [0.2, 0.25) is 0 Å². The average molecular weight is 339 g/mol. The molecule has 1 fully saturated rings. The highest BCUT2D eigenvalue weighted by molar-refractivity contribution is 5.96. The zero-order valence-electron chi connectivity index (χ0n) is 15.4. The Morgan fingerprint density at radius 1 is 0.920 bits per heavy atom. The van der Waals surface area contributed by atoms with E-state index in [1.807, 2.05) is 49.2 Å². The molecule has 5 nitrogen and oxygen atoms in total. The fourth-order valence-electron chi connectivity index (χ4n) is 3.30. The summed E-state index contributed by atoms with van der Waals surface area (Å²) in [5.74, 6) is 0.105. The number of carbonyl (C=O) groups excluding carboxylic acids is 1. The summed E-state index contributed by atoms with van der Waals surface area (Å²) in [5, 5.41) is 0. The fourth-order valence-corrected chi connectivity index (χ4v) is 3.30. The van der Waals surface area contributed by atoms with Crippen LogP contribution in [-0.4, -0.2) is 53.5 Å². The molecule has 2 heterocycles. The number of rotatable bonds is 2. The van der Waals surface area contributed by atoms with Gasteiger partial charge in [-0.05, 0) is 49.7 Å². The number of pyridine rings is 1. The van der Waals surface area contributed by atoms with E-state index in [1.165, 1.54) is 0 Å². The third-order valence-corrected chi connectivity index (χ3v) is 4.94. The largest absolute Gasteiger partial charge is 0.336 e. The molecule has 1 aromatic carbocycles. The lowest BCUT2D eigenvalue weighted by atomic mass is 9.99. The van der Waals surface area contributed by atoms with Gasteiger partial charge in [0.1, 0.15) is 0 Å². The minimum absolute atomic E-state index is 0.0161. The van der Waals surface area contributed by atoms with E-state index in [2.05, 4.69) is 11.9 Å². The van der Waals surface area contributed by atoms with Gasteiger partial charge in [-0.2, -0.15) is 0 Å². The first-order valence-electron chi connectivity index (χ1n) is 8.63. The molecule has 0 bridgehead atoms. The van der Waals surface area contributed by atoms with Crippen LogP contribution in [0.3, 0.4) is 0 Å². The summed E-state index contributed by atoms with van der Waals surface area (Å²) in [6.45, 7) is 7.18. The van der Waals surface area contributed by atoms with Crippen molar-refractivity contribution in [3.63, 3.8) is 0 Å². The molecule has 0 radical (unpaired) electrons. The smallest absolute Gasteiger partial charge is 0.254 e. The number of benzene rings is 1. The Morgan fingerprint density at radius 3 is 2.16 bits per heavy atom. The van der Waals surface area contributed by atoms with Crippen LogP contribution >= 0.6 is 0 Å². The molecule has 0 saturated carbocycles. The number of nitrogens with zero attached hydrogens (tertiary/aromatic N) is 3. The van der Waals surface area contributed by atoms with Gasteiger partial charge in [-0.3, -0.25) is 9.59 Å². The van der Waals surface area contributed by atoms with Crippen LogP contribution in [-0.2, 0) is 7.05 Å². The lowest BCUT2D eigenvalue weighted by molar-refractivity contribution is 0.0663. The minimum atomic E-state index is 0.0161. The molecule has 0 aliphatic carbocycles. The topological polar surface area (TPSA) is 45.6 Å². The van der Waals surface area contributed by atoms with Crippen LogP contribution in [0.25, 0.3) is 11.1 Å². The molecular weight excluding hydrogens is 314 g/mol. The third kappa shape index (κ3) is 3.51. The number of piperazine rings is 1. The molecule has 1 aromatic heterocycles. The van der Waals surface area contributed by atoms with Crippen molar-refractivity contribution in [3.8, 4) is 11.1 Å². The van der Waals surface area contributed by atoms with Crippen LogP contribution in [0.1, 0.15) is 21.5 Å². The van der Waals surface area contributed by atoms with E-state index in [4.69, 9.17) is 0 Å². The maximum Gasteiger partial charge on any atom is 0.254 e. The summed E-state index contributed by atoms with van der Waals surface area (Å²) in [6.07, 6.45) is 1.84. The summed E-state index contributed by atoms with van der Waals surface area (Å²) >= 11 is 0. The second-order valence-corrected chi connectivity index (χ2v) is 6.95. The molecular formula is C20H25N3O2. The first kappa shape index (κ1) is 17.4. The molecule has 132 valence electrons. The quantitative estimate of drug-likeness (QED) is 0.841. The van der Waals surface area contributed by atoms with E-state index in [-0.39, 0.29) is 11.5 Å². The zero-order valence-corrected chi connectivity index (χ0v) is 15.4. The highest BCUT2D eigenvalue weighted by Gasteiger charge is 2.21. The van der Waals surface area contributed by atoms with Gasteiger partial charge in [0.15, 0.2) is 0 Å². The van der Waals surface area contributed by atoms with Crippen LogP contribution in [0.4, 0.5) is 0 Å². The lowest BCUT2D eigenvalue weighted by Crippen LogP contribution is -2.47. The molecule has 1 aliphatic rings. The van der Waals surface area contributed by atoms with Gasteiger partial charge in [-0.1, -0.05) is 12.1 Å². The first-order valence-corrected chi connectivity index (χ1v) is 8.63. The van der Waals surface area contributed by atoms with E-state index in [9.17, 15) is 9.59 Å². The van der Waals surface area contributed by atoms with Gasteiger partial charge < -0.3 is 14.4 Å². The maximum atomic E-state index is 12.8. The lowest BCUT2D eigenvalue weighted by Gasteiger charge is -2.32. The molecule has 0 N–H and O–H groups in total. The third-order valence-electron chi connectivity index (χ3n) is 4.94. The van der Waals surface area contributed by atoms with Gasteiger partial charge in [-0.25, -0.2) is 0 Å². The fraction of sp³-hybridized carbons (Fsp3) is 0.400. The molecule has 0 unspecified atom stereocenters. The monoisotopic (exact) mass is 339 g/mol. The van der Waals surface area contributed by atoms with Gasteiger partial charge in [-0.15, -0.1) is 0 Å². The van der Waals surface area contributed by atoms with Crippen molar-refractivity contribution >= 4 is 5.91 Å². The number of likely N-dealkylation sites (N-methyl/N-ethyl adjacent to an activating group) is 1. The Labute approximate surface area is 148 Å². The number of aromatic nitrogens is 1. The molecule has 1 saturated heterocycles. The van der Waals surface area contributed by atoms with Crippen molar-refractivity contribution in [1.29, 1.82) is 0 Å². The Kier molecular flexibility index (Phi) is 4.77. The van der Waals surface area contributed by atoms with Gasteiger partial charge in [0.25, 0.3) is 11.5 Å². The number of hydrogen-bond acceptors (Lipinski definition) is 3. The number of carbonyl (C=O) groups is 1. The molecule has 5 heteroatoms. The molecule has 25 heavy (non-hydrogen) atoms. The molecule has 0 atom stereocenters. The Morgan fingerprint density at radius 2 is 1.56 bits per heavy atom. The summed E-state index contributed by atoms with van der Waals surface area (Å²) in [4.78, 5) is 28.8. The zero-order chi connectivity index (χ0) is 18.1. The second-order valence-electron chi connectivity index (χ2n) is 6.95. The summed E-state index contributed by atoms with van der Waals surface area (Å²) in [5.41, 5.74) is 4.47. The van der Waals surface area contributed by atoms with Gasteiger partial charge >= 0.3 is 0 Å². The SMILES string of the molecule is Cc1cc(-c2cc(C)c(=O)n(C)c2)ccc1C(=O)N1CCN(C)CC1. The van der Waals surface area contributed by atoms with E-state index < -0.39 is 0 Å². The average Bonchev–Trinajstić information content (AvgIpc) is 2.59. The highest BCUT2D eigenvalue weighted by atomic mass is 16.2. The predicted molar refractivity (Wildman–Crippen MR) is 100.0 cm³/mol. The van der Waals surface area contributed by atoms with Gasteiger partial charge in [0, 0.05) is 50.6 Å². The molecule has 3 rings (SSSR count). The Bertz CT molecular complexity index is 835. The summed E-state index contributed by atoms with van der Waals surface area (Å²) in [6, 6.07) is 7.81. The summed E-state index contributed by atoms with van der Waals surface area (Å²) < 4.78 is 1.60. The highest BCUT2D eigenvalue weighted by Crippen LogP contribution is 2.23. The van der Waals surface area contributed by atoms with E-state index in [0.717, 1.165) is 54.0 Å². The molecule has 0 spiro atoms. The molecule has 1 aliphatic heterocycles. The predicted octanol–water partition coefficient (Wildman–Crippen LogP) is 2.06. The van der Waals surface area contributed by atoms with Crippen molar-refractivity contribution in [1.82, 2.24) is 14.4 Å². The van der Waals surface area contributed by atoms with E-state index >= 15 is 0 Å². The number of aryl methyl sites for hydroxylation is 3. The van der Waals surface area contributed by atoms with Gasteiger partial charge in [0.05, 0.1) is 0 Å². The van der Waals surface area contributed by atoms with Crippen molar-refractivity contribution in [2.45, 2.75) is 13.8 Å². The van der Waals surface area contributed by atoms with Crippen molar-refractivity contribution in [2.24, 2.45) is 7.05 Å². The van der Waals surface area contributed by atoms with Crippen LogP contribution in [0.15, 0.2) is 35.3 Å². The number of hydrogen-bond donors (Lipinski definition) is 0. The second kappa shape index (κ2) is 6.84. The molecule has 1 amide bonds. The van der Waals surface area contributed by atoms with Crippen LogP contribution < -0.4 is 5.56 Å². The summed E-state index contributed by atoms with van der Waals surface area (Å²) in [7, 11) is 3.84. The maximum absolute atomic E-state index is 12.8. The van der Waals surface area contributed by atoms with Crippen molar-refractivity contribution in [2.75, 3.05) is 33.2 Å². The van der Waals surface area contributed by atoms with Crippen molar-refractivity contribution in [3.05, 3.63) is 57.5 Å². The Hall–Kier alpha value is -2.40. The standard InChI is InChI=1S/C20H25N3O2/c1-14-11-16(17-12-15(2)19(24)22(4)13-17)5-6-18(14)20(25)23-9-7-21(3)8-10-23/h5-6,11-13H,7-10H2,1-4H3. The van der Waals surface area contributed by atoms with Crippen LogP contribution in [0, 0.1) is 13.8 Å². The first-order chi connectivity index (χ1) is 11.9. The van der Waals surface area contributed by atoms with Crippen molar-refractivity contribution < 1.29 is 4.79 Å².